The second-order valence-electron chi connectivity index (χ2n) is 5.08. The Labute approximate surface area is 94.8 Å². The predicted octanol–water partition coefficient (Wildman–Crippen LogP) is 1.88. The van der Waals surface area contributed by atoms with Gasteiger partial charge in [0.25, 0.3) is 0 Å². The van der Waals surface area contributed by atoms with E-state index in [9.17, 15) is 9.70 Å². The Morgan fingerprint density at radius 1 is 1.31 bits per heavy atom. The molecular weight excluding hydrogens is 208 g/mol. The maximum absolute atomic E-state index is 10.7. The molecule has 5 nitrogen and oxygen atoms in total. The number of piperidine rings is 1. The Bertz CT molecular complexity index is 282. The molecule has 3 unspecified atom stereocenters. The number of fused-ring (bicyclic) bond motifs is 1. The summed E-state index contributed by atoms with van der Waals surface area (Å²) in [5.41, 5.74) is 0. The highest BCUT2D eigenvalue weighted by atomic mass is 16.4. The van der Waals surface area contributed by atoms with Crippen molar-refractivity contribution in [2.75, 3.05) is 13.1 Å². The van der Waals surface area contributed by atoms with E-state index in [0.29, 0.717) is 24.2 Å². The standard InChI is InChI=1S/C11H18N2O3/c14-11(15)6-8-1-2-10-7-13(12-16)4-3-9(10)5-8/h8-10H,1-7H2,(H,14,15). The molecule has 1 aliphatic heterocycles. The molecule has 90 valence electrons. The molecule has 1 saturated carbocycles. The molecule has 0 aromatic rings. The number of nitrogens with zero attached hydrogens (tertiary/aromatic N) is 2. The summed E-state index contributed by atoms with van der Waals surface area (Å²) < 4.78 is 0. The number of hydrogen-bond acceptors (Lipinski definition) is 3. The Morgan fingerprint density at radius 2 is 2.12 bits per heavy atom. The number of carbonyl (C=O) groups is 1. The van der Waals surface area contributed by atoms with E-state index in [1.807, 2.05) is 0 Å². The van der Waals surface area contributed by atoms with Gasteiger partial charge >= 0.3 is 5.97 Å². The van der Waals surface area contributed by atoms with Crippen LogP contribution in [0.3, 0.4) is 0 Å². The first-order valence-electron chi connectivity index (χ1n) is 5.99. The van der Waals surface area contributed by atoms with Crippen molar-refractivity contribution in [3.8, 4) is 0 Å². The Kier molecular flexibility index (Phi) is 3.41. The van der Waals surface area contributed by atoms with Crippen LogP contribution in [0.5, 0.6) is 0 Å². The van der Waals surface area contributed by atoms with Gasteiger partial charge in [0.15, 0.2) is 0 Å². The third-order valence-corrected chi connectivity index (χ3v) is 4.03. The van der Waals surface area contributed by atoms with Crippen molar-refractivity contribution in [2.45, 2.75) is 32.1 Å². The maximum atomic E-state index is 10.7. The highest BCUT2D eigenvalue weighted by molar-refractivity contribution is 5.67. The van der Waals surface area contributed by atoms with Gasteiger partial charge in [0.05, 0.1) is 5.29 Å². The van der Waals surface area contributed by atoms with Crippen LogP contribution < -0.4 is 0 Å². The van der Waals surface area contributed by atoms with Crippen molar-refractivity contribution >= 4 is 5.97 Å². The van der Waals surface area contributed by atoms with E-state index >= 15 is 0 Å². The molecule has 0 bridgehead atoms. The van der Waals surface area contributed by atoms with Gasteiger partial charge in [0.1, 0.15) is 0 Å². The summed E-state index contributed by atoms with van der Waals surface area (Å²) in [6.45, 7) is 1.51. The summed E-state index contributed by atoms with van der Waals surface area (Å²) in [7, 11) is 0. The molecule has 1 aliphatic carbocycles. The lowest BCUT2D eigenvalue weighted by atomic mass is 9.70. The van der Waals surface area contributed by atoms with Gasteiger partial charge in [-0.15, -0.1) is 4.91 Å². The third kappa shape index (κ3) is 2.51. The van der Waals surface area contributed by atoms with Gasteiger partial charge < -0.3 is 5.11 Å². The Hall–Kier alpha value is -1.13. The largest absolute Gasteiger partial charge is 0.481 e. The fourth-order valence-corrected chi connectivity index (χ4v) is 3.20. The van der Waals surface area contributed by atoms with Gasteiger partial charge in [0.2, 0.25) is 0 Å². The summed E-state index contributed by atoms with van der Waals surface area (Å²) in [6.07, 6.45) is 4.35. The van der Waals surface area contributed by atoms with Crippen LogP contribution in [0.2, 0.25) is 0 Å². The van der Waals surface area contributed by atoms with Crippen LogP contribution in [-0.4, -0.2) is 29.2 Å². The Balaban J connectivity index is 1.87. The number of carboxylic acids is 1. The minimum Gasteiger partial charge on any atom is -0.481 e. The number of rotatable bonds is 3. The monoisotopic (exact) mass is 226 g/mol. The topological polar surface area (TPSA) is 70.0 Å². The summed E-state index contributed by atoms with van der Waals surface area (Å²) in [5.74, 6) is 0.817. The van der Waals surface area contributed by atoms with Crippen molar-refractivity contribution in [2.24, 2.45) is 23.0 Å². The van der Waals surface area contributed by atoms with Crippen molar-refractivity contribution in [1.82, 2.24) is 5.01 Å². The first-order valence-corrected chi connectivity index (χ1v) is 5.99. The molecule has 5 heteroatoms. The first kappa shape index (κ1) is 11.4. The van der Waals surface area contributed by atoms with E-state index in [4.69, 9.17) is 5.11 Å². The van der Waals surface area contributed by atoms with E-state index in [1.54, 1.807) is 5.01 Å². The summed E-state index contributed by atoms with van der Waals surface area (Å²) in [5, 5.41) is 13.4. The summed E-state index contributed by atoms with van der Waals surface area (Å²) in [6, 6.07) is 0. The molecule has 3 atom stereocenters. The van der Waals surface area contributed by atoms with E-state index in [2.05, 4.69) is 5.29 Å². The van der Waals surface area contributed by atoms with Crippen LogP contribution in [-0.2, 0) is 4.79 Å². The molecular formula is C11H18N2O3. The average Bonchev–Trinajstić information content (AvgIpc) is 2.27. The Morgan fingerprint density at radius 3 is 2.81 bits per heavy atom. The van der Waals surface area contributed by atoms with Crippen LogP contribution in [0.4, 0.5) is 0 Å². The fraction of sp³-hybridized carbons (Fsp3) is 0.909. The minimum absolute atomic E-state index is 0.304. The van der Waals surface area contributed by atoms with Crippen LogP contribution in [0.1, 0.15) is 32.1 Å². The molecule has 0 aromatic heterocycles. The number of nitroso groups, excluding NO2 is 1. The summed E-state index contributed by atoms with van der Waals surface area (Å²) >= 11 is 0. The van der Waals surface area contributed by atoms with Crippen molar-refractivity contribution in [3.63, 3.8) is 0 Å². The maximum Gasteiger partial charge on any atom is 0.303 e. The highest BCUT2D eigenvalue weighted by Gasteiger charge is 2.35. The zero-order valence-electron chi connectivity index (χ0n) is 9.34. The minimum atomic E-state index is -0.685. The highest BCUT2D eigenvalue weighted by Crippen LogP contribution is 2.40. The van der Waals surface area contributed by atoms with Crippen LogP contribution in [0, 0.1) is 22.7 Å². The normalized spacial score (nSPS) is 34.2. The molecule has 0 radical (unpaired) electrons. The molecule has 0 amide bonds. The van der Waals surface area contributed by atoms with E-state index in [0.717, 1.165) is 38.8 Å². The van der Waals surface area contributed by atoms with Gasteiger partial charge in [-0.1, -0.05) is 0 Å². The van der Waals surface area contributed by atoms with E-state index in [1.165, 1.54) is 0 Å². The lowest BCUT2D eigenvalue weighted by Crippen LogP contribution is -2.40. The van der Waals surface area contributed by atoms with E-state index in [-0.39, 0.29) is 0 Å². The van der Waals surface area contributed by atoms with Crippen LogP contribution >= 0.6 is 0 Å². The smallest absolute Gasteiger partial charge is 0.303 e. The third-order valence-electron chi connectivity index (χ3n) is 4.03. The van der Waals surface area contributed by atoms with Gasteiger partial charge in [0, 0.05) is 19.5 Å². The van der Waals surface area contributed by atoms with Gasteiger partial charge in [-0.05, 0) is 43.4 Å². The zero-order valence-corrected chi connectivity index (χ0v) is 9.34. The molecule has 2 aliphatic rings. The SMILES string of the molecule is O=NN1CCC2CC(CC(=O)O)CCC2C1. The molecule has 1 heterocycles. The fourth-order valence-electron chi connectivity index (χ4n) is 3.20. The number of carboxylic acid groups (broad SMARTS) is 1. The molecule has 1 saturated heterocycles. The number of hydrogen-bond donors (Lipinski definition) is 1. The van der Waals surface area contributed by atoms with Gasteiger partial charge in [-0.3, -0.25) is 9.80 Å². The van der Waals surface area contributed by atoms with Crippen LogP contribution in [0.15, 0.2) is 5.29 Å². The summed E-state index contributed by atoms with van der Waals surface area (Å²) in [4.78, 5) is 21.1. The lowest BCUT2D eigenvalue weighted by Gasteiger charge is -2.41. The van der Waals surface area contributed by atoms with Crippen molar-refractivity contribution in [3.05, 3.63) is 4.91 Å². The van der Waals surface area contributed by atoms with Crippen molar-refractivity contribution < 1.29 is 9.90 Å². The molecule has 2 fully saturated rings. The molecule has 0 spiro atoms. The van der Waals surface area contributed by atoms with Crippen LogP contribution in [0.25, 0.3) is 0 Å². The average molecular weight is 226 g/mol. The molecule has 2 rings (SSSR count). The quantitative estimate of drug-likeness (QED) is 0.746. The van der Waals surface area contributed by atoms with Gasteiger partial charge in [-0.25, -0.2) is 0 Å². The van der Waals surface area contributed by atoms with Crippen molar-refractivity contribution in [1.29, 1.82) is 0 Å². The predicted molar refractivity (Wildman–Crippen MR) is 58.6 cm³/mol. The second kappa shape index (κ2) is 4.80. The molecule has 16 heavy (non-hydrogen) atoms. The first-order chi connectivity index (χ1) is 7.69. The van der Waals surface area contributed by atoms with Gasteiger partial charge in [-0.2, -0.15) is 0 Å². The van der Waals surface area contributed by atoms with E-state index < -0.39 is 5.97 Å². The number of aliphatic carboxylic acids is 1. The zero-order chi connectivity index (χ0) is 11.5. The lowest BCUT2D eigenvalue weighted by molar-refractivity contribution is -0.138. The second-order valence-corrected chi connectivity index (χ2v) is 5.08. The molecule has 0 aromatic carbocycles. The molecule has 1 N–H and O–H groups in total.